The van der Waals surface area contributed by atoms with Crippen LogP contribution in [-0.4, -0.2) is 41.9 Å². The summed E-state index contributed by atoms with van der Waals surface area (Å²) in [5.41, 5.74) is 0.295. The van der Waals surface area contributed by atoms with E-state index in [-0.39, 0.29) is 10.9 Å². The van der Waals surface area contributed by atoms with Gasteiger partial charge in [0, 0.05) is 23.5 Å². The lowest BCUT2D eigenvalue weighted by atomic mass is 10.2. The fourth-order valence-electron chi connectivity index (χ4n) is 2.82. The van der Waals surface area contributed by atoms with E-state index < -0.39 is 15.9 Å². The number of hydrogen-bond acceptors (Lipinski definition) is 7. The molecule has 8 nitrogen and oxygen atoms in total. The van der Waals surface area contributed by atoms with Gasteiger partial charge in [-0.1, -0.05) is 31.4 Å². The largest absolute Gasteiger partial charge is 0.407 e. The van der Waals surface area contributed by atoms with E-state index in [2.05, 4.69) is 15.5 Å². The van der Waals surface area contributed by atoms with E-state index in [1.807, 2.05) is 31.4 Å². The highest BCUT2D eigenvalue weighted by atomic mass is 32.2. The fraction of sp³-hybridized carbons (Fsp3) is 0.350. The van der Waals surface area contributed by atoms with Crippen molar-refractivity contribution in [1.82, 2.24) is 14.5 Å². The van der Waals surface area contributed by atoms with Gasteiger partial charge in [-0.15, -0.1) is 16.4 Å². The maximum absolute atomic E-state index is 12.8. The van der Waals surface area contributed by atoms with Gasteiger partial charge in [-0.05, 0) is 42.1 Å². The number of amides is 1. The van der Waals surface area contributed by atoms with Crippen molar-refractivity contribution < 1.29 is 17.6 Å². The standard InChI is InChI=1S/C20H24N4O4S2/c1-3-5-12-24(4-2)30(26,27)17-10-8-15(9-11-17)19(25)21-20-23-22-18(28-20)14-16-7-6-13-29-16/h6-11,13H,3-5,12,14H2,1-2H3,(H,21,23,25). The lowest BCUT2D eigenvalue weighted by Crippen LogP contribution is -2.31. The van der Waals surface area contributed by atoms with Crippen LogP contribution >= 0.6 is 11.3 Å². The number of nitrogens with zero attached hydrogens (tertiary/aromatic N) is 3. The Morgan fingerprint density at radius 1 is 1.17 bits per heavy atom. The van der Waals surface area contributed by atoms with E-state index in [0.717, 1.165) is 17.7 Å². The van der Waals surface area contributed by atoms with Gasteiger partial charge in [-0.3, -0.25) is 10.1 Å². The molecule has 10 heteroatoms. The average Bonchev–Trinajstić information content (AvgIpc) is 3.41. The number of benzene rings is 1. The molecular formula is C20H24N4O4S2. The zero-order valence-electron chi connectivity index (χ0n) is 16.9. The van der Waals surface area contributed by atoms with Crippen LogP contribution in [0.25, 0.3) is 0 Å². The number of rotatable bonds is 10. The smallest absolute Gasteiger partial charge is 0.322 e. The van der Waals surface area contributed by atoms with Gasteiger partial charge in [-0.25, -0.2) is 8.42 Å². The summed E-state index contributed by atoms with van der Waals surface area (Å²) in [7, 11) is -3.58. The van der Waals surface area contributed by atoms with Crippen molar-refractivity contribution in [2.24, 2.45) is 0 Å². The summed E-state index contributed by atoms with van der Waals surface area (Å²) in [5.74, 6) is -0.0514. The quantitative estimate of drug-likeness (QED) is 0.506. The molecule has 0 fully saturated rings. The van der Waals surface area contributed by atoms with E-state index in [1.165, 1.54) is 28.6 Å². The van der Waals surface area contributed by atoms with Crippen molar-refractivity contribution in [3.8, 4) is 0 Å². The summed E-state index contributed by atoms with van der Waals surface area (Å²) < 4.78 is 32.4. The highest BCUT2D eigenvalue weighted by Gasteiger charge is 2.23. The molecule has 0 radical (unpaired) electrons. The first-order valence-corrected chi connectivity index (χ1v) is 12.0. The fourth-order valence-corrected chi connectivity index (χ4v) is 5.00. The number of carbonyl (C=O) groups excluding carboxylic acids is 1. The van der Waals surface area contributed by atoms with Gasteiger partial charge < -0.3 is 4.42 Å². The Labute approximate surface area is 180 Å². The Morgan fingerprint density at radius 2 is 1.93 bits per heavy atom. The van der Waals surface area contributed by atoms with Crippen molar-refractivity contribution in [2.45, 2.75) is 38.0 Å². The van der Waals surface area contributed by atoms with E-state index in [1.54, 1.807) is 11.3 Å². The molecular weight excluding hydrogens is 424 g/mol. The first kappa shape index (κ1) is 22.1. The summed E-state index contributed by atoms with van der Waals surface area (Å²) in [6.07, 6.45) is 2.21. The lowest BCUT2D eigenvalue weighted by Gasteiger charge is -2.20. The minimum atomic E-state index is -3.58. The number of unbranched alkanes of at least 4 members (excludes halogenated alkanes) is 1. The second kappa shape index (κ2) is 9.96. The normalized spacial score (nSPS) is 11.7. The maximum atomic E-state index is 12.8. The van der Waals surface area contributed by atoms with E-state index in [9.17, 15) is 13.2 Å². The van der Waals surface area contributed by atoms with Crippen molar-refractivity contribution in [1.29, 1.82) is 0 Å². The molecule has 1 amide bonds. The van der Waals surface area contributed by atoms with Crippen LogP contribution in [0.1, 0.15) is 47.8 Å². The summed E-state index contributed by atoms with van der Waals surface area (Å²) >= 11 is 1.58. The Bertz CT molecular complexity index is 1060. The topological polar surface area (TPSA) is 105 Å². The predicted octanol–water partition coefficient (Wildman–Crippen LogP) is 3.78. The second-order valence-corrected chi connectivity index (χ2v) is 9.56. The zero-order valence-corrected chi connectivity index (χ0v) is 18.5. The van der Waals surface area contributed by atoms with Crippen LogP contribution in [0.5, 0.6) is 0 Å². The van der Waals surface area contributed by atoms with Crippen LogP contribution in [0.2, 0.25) is 0 Å². The summed E-state index contributed by atoms with van der Waals surface area (Å²) in [6, 6.07) is 9.72. The number of nitrogens with one attached hydrogen (secondary N) is 1. The number of anilines is 1. The summed E-state index contributed by atoms with van der Waals surface area (Å²) in [4.78, 5) is 13.7. The van der Waals surface area contributed by atoms with Crippen LogP contribution in [0.4, 0.5) is 6.01 Å². The molecule has 0 saturated heterocycles. The molecule has 0 spiro atoms. The SMILES string of the molecule is CCCCN(CC)S(=O)(=O)c1ccc(C(=O)Nc2nnc(Cc3cccs3)o2)cc1. The summed E-state index contributed by atoms with van der Waals surface area (Å²) in [6.45, 7) is 4.70. The monoisotopic (exact) mass is 448 g/mol. The Morgan fingerprint density at radius 3 is 2.57 bits per heavy atom. The molecule has 30 heavy (non-hydrogen) atoms. The molecule has 0 atom stereocenters. The van der Waals surface area contributed by atoms with Crippen LogP contribution in [-0.2, 0) is 16.4 Å². The van der Waals surface area contributed by atoms with Gasteiger partial charge in [0.15, 0.2) is 0 Å². The first-order valence-electron chi connectivity index (χ1n) is 9.70. The highest BCUT2D eigenvalue weighted by Crippen LogP contribution is 2.19. The minimum absolute atomic E-state index is 0.0000204. The molecule has 3 rings (SSSR count). The van der Waals surface area contributed by atoms with E-state index in [0.29, 0.717) is 31.0 Å². The molecule has 1 N–H and O–H groups in total. The molecule has 0 aliphatic carbocycles. The maximum Gasteiger partial charge on any atom is 0.322 e. The van der Waals surface area contributed by atoms with Gasteiger partial charge >= 0.3 is 6.01 Å². The minimum Gasteiger partial charge on any atom is -0.407 e. The third-order valence-corrected chi connectivity index (χ3v) is 7.33. The van der Waals surface area contributed by atoms with Gasteiger partial charge in [0.2, 0.25) is 15.9 Å². The molecule has 2 aromatic heterocycles. The average molecular weight is 449 g/mol. The number of sulfonamides is 1. The summed E-state index contributed by atoms with van der Waals surface area (Å²) in [5, 5.41) is 12.3. The van der Waals surface area contributed by atoms with Crippen molar-refractivity contribution in [2.75, 3.05) is 18.4 Å². The molecule has 0 aliphatic heterocycles. The molecule has 0 unspecified atom stereocenters. The van der Waals surface area contributed by atoms with E-state index >= 15 is 0 Å². The van der Waals surface area contributed by atoms with Crippen LogP contribution < -0.4 is 5.32 Å². The molecule has 3 aromatic rings. The van der Waals surface area contributed by atoms with Crippen LogP contribution in [0.15, 0.2) is 51.1 Å². The molecule has 2 heterocycles. The first-order chi connectivity index (χ1) is 14.4. The van der Waals surface area contributed by atoms with E-state index in [4.69, 9.17) is 4.42 Å². The lowest BCUT2D eigenvalue weighted by molar-refractivity contribution is 0.102. The number of thiophene rings is 1. The highest BCUT2D eigenvalue weighted by molar-refractivity contribution is 7.89. The number of aromatic nitrogens is 2. The van der Waals surface area contributed by atoms with Crippen LogP contribution in [0, 0.1) is 0 Å². The van der Waals surface area contributed by atoms with Crippen molar-refractivity contribution >= 4 is 33.3 Å². The Kier molecular flexibility index (Phi) is 7.35. The third kappa shape index (κ3) is 5.32. The van der Waals surface area contributed by atoms with Crippen LogP contribution in [0.3, 0.4) is 0 Å². The molecule has 0 saturated carbocycles. The number of carbonyl (C=O) groups is 1. The van der Waals surface area contributed by atoms with Gasteiger partial charge in [0.25, 0.3) is 5.91 Å². The zero-order chi connectivity index (χ0) is 21.6. The van der Waals surface area contributed by atoms with Gasteiger partial charge in [0.1, 0.15) is 0 Å². The van der Waals surface area contributed by atoms with Crippen molar-refractivity contribution in [3.63, 3.8) is 0 Å². The predicted molar refractivity (Wildman–Crippen MR) is 115 cm³/mol. The molecule has 0 bridgehead atoms. The van der Waals surface area contributed by atoms with Gasteiger partial charge in [-0.2, -0.15) is 4.31 Å². The molecule has 160 valence electrons. The Hall–Kier alpha value is -2.56. The Balaban J connectivity index is 1.65. The number of hydrogen-bond donors (Lipinski definition) is 1. The molecule has 1 aromatic carbocycles. The molecule has 0 aliphatic rings. The van der Waals surface area contributed by atoms with Gasteiger partial charge in [0.05, 0.1) is 11.3 Å². The third-order valence-electron chi connectivity index (χ3n) is 4.46. The second-order valence-electron chi connectivity index (χ2n) is 6.59. The van der Waals surface area contributed by atoms with Crippen molar-refractivity contribution in [3.05, 3.63) is 58.1 Å².